The van der Waals surface area contributed by atoms with Crippen molar-refractivity contribution in [2.24, 2.45) is 5.73 Å². The minimum absolute atomic E-state index is 0.0122. The highest BCUT2D eigenvalue weighted by molar-refractivity contribution is 5.19. The van der Waals surface area contributed by atoms with E-state index >= 15 is 0 Å². The first kappa shape index (κ1) is 15.1. The van der Waals surface area contributed by atoms with E-state index < -0.39 is 0 Å². The molecule has 3 heteroatoms. The smallest absolute Gasteiger partial charge is 0.123 e. The van der Waals surface area contributed by atoms with Crippen LogP contribution < -0.4 is 5.73 Å². The average Bonchev–Trinajstić information content (AvgIpc) is 2.36. The van der Waals surface area contributed by atoms with Gasteiger partial charge >= 0.3 is 0 Å². The highest BCUT2D eigenvalue weighted by Crippen LogP contribution is 2.15. The Morgan fingerprint density at radius 3 is 2.39 bits per heavy atom. The summed E-state index contributed by atoms with van der Waals surface area (Å²) in [7, 11) is 2.14. The van der Waals surface area contributed by atoms with E-state index in [2.05, 4.69) is 25.8 Å². The maximum atomic E-state index is 12.8. The summed E-state index contributed by atoms with van der Waals surface area (Å²) in [6, 6.07) is 7.07. The van der Waals surface area contributed by atoms with E-state index in [1.54, 1.807) is 12.1 Å². The monoisotopic (exact) mass is 252 g/mol. The van der Waals surface area contributed by atoms with E-state index in [0.717, 1.165) is 18.5 Å². The number of benzene rings is 1. The van der Waals surface area contributed by atoms with Gasteiger partial charge in [-0.3, -0.25) is 0 Å². The number of rotatable bonds is 7. The molecule has 2 N–H and O–H groups in total. The van der Waals surface area contributed by atoms with E-state index in [1.165, 1.54) is 25.0 Å². The van der Waals surface area contributed by atoms with Crippen LogP contribution in [0, 0.1) is 5.82 Å². The van der Waals surface area contributed by atoms with Crippen LogP contribution in [0.3, 0.4) is 0 Å². The molecule has 0 saturated carbocycles. The molecule has 0 bridgehead atoms. The number of halogens is 1. The van der Waals surface area contributed by atoms with Gasteiger partial charge in [-0.05, 0) is 51.1 Å². The Bertz CT molecular complexity index is 337. The molecule has 0 aromatic heterocycles. The van der Waals surface area contributed by atoms with Crippen LogP contribution in [0.15, 0.2) is 24.3 Å². The number of nitrogens with zero attached hydrogens (tertiary/aromatic N) is 1. The lowest BCUT2D eigenvalue weighted by molar-refractivity contribution is 0.236. The number of nitrogens with two attached hydrogens (primary N) is 1. The Kier molecular flexibility index (Phi) is 6.30. The average molecular weight is 252 g/mol. The van der Waals surface area contributed by atoms with Crippen molar-refractivity contribution < 1.29 is 4.39 Å². The molecule has 0 aliphatic rings. The first-order valence-electron chi connectivity index (χ1n) is 6.75. The molecular weight excluding hydrogens is 227 g/mol. The van der Waals surface area contributed by atoms with Gasteiger partial charge in [0.1, 0.15) is 5.82 Å². The molecule has 0 aliphatic carbocycles. The Hall–Kier alpha value is -0.930. The van der Waals surface area contributed by atoms with Crippen molar-refractivity contribution >= 4 is 0 Å². The molecule has 102 valence electrons. The Morgan fingerprint density at radius 1 is 1.22 bits per heavy atom. The zero-order valence-corrected chi connectivity index (χ0v) is 11.7. The predicted octanol–water partition coefficient (Wildman–Crippen LogP) is 3.34. The number of hydrogen-bond acceptors (Lipinski definition) is 2. The van der Waals surface area contributed by atoms with Crippen molar-refractivity contribution in [2.75, 3.05) is 13.6 Å². The highest BCUT2D eigenvalue weighted by Gasteiger charge is 2.11. The topological polar surface area (TPSA) is 29.3 Å². The lowest BCUT2D eigenvalue weighted by Gasteiger charge is -2.25. The van der Waals surface area contributed by atoms with E-state index in [0.29, 0.717) is 6.04 Å². The summed E-state index contributed by atoms with van der Waals surface area (Å²) in [4.78, 5) is 2.34. The molecule has 1 aromatic rings. The molecule has 0 spiro atoms. The molecule has 2 atom stereocenters. The Morgan fingerprint density at radius 2 is 1.83 bits per heavy atom. The zero-order chi connectivity index (χ0) is 13.5. The van der Waals surface area contributed by atoms with Crippen LogP contribution in [0.5, 0.6) is 0 Å². The first-order chi connectivity index (χ1) is 8.54. The predicted molar refractivity (Wildman–Crippen MR) is 74.9 cm³/mol. The van der Waals surface area contributed by atoms with E-state index in [4.69, 9.17) is 5.73 Å². The normalized spacial score (nSPS) is 14.8. The quantitative estimate of drug-likeness (QED) is 0.806. The van der Waals surface area contributed by atoms with E-state index in [1.807, 2.05) is 0 Å². The summed E-state index contributed by atoms with van der Waals surface area (Å²) in [5, 5.41) is 0. The van der Waals surface area contributed by atoms with Crippen molar-refractivity contribution in [3.63, 3.8) is 0 Å². The molecule has 2 unspecified atom stereocenters. The van der Waals surface area contributed by atoms with Crippen LogP contribution in [0.2, 0.25) is 0 Å². The maximum absolute atomic E-state index is 12.8. The first-order valence-corrected chi connectivity index (χ1v) is 6.75. The second kappa shape index (κ2) is 7.49. The standard InChI is InChI=1S/C15H25FN2/c1-4-5-12(2)18(3)11-10-15(17)13-6-8-14(16)9-7-13/h6-9,12,15H,4-5,10-11,17H2,1-3H3. The van der Waals surface area contributed by atoms with E-state index in [-0.39, 0.29) is 11.9 Å². The van der Waals surface area contributed by atoms with Crippen molar-refractivity contribution in [2.45, 2.75) is 45.2 Å². The zero-order valence-electron chi connectivity index (χ0n) is 11.7. The molecule has 0 heterocycles. The largest absolute Gasteiger partial charge is 0.324 e. The molecule has 1 aromatic carbocycles. The molecule has 0 radical (unpaired) electrons. The summed E-state index contributed by atoms with van der Waals surface area (Å²) < 4.78 is 12.8. The highest BCUT2D eigenvalue weighted by atomic mass is 19.1. The molecule has 0 aliphatic heterocycles. The SMILES string of the molecule is CCCC(C)N(C)CCC(N)c1ccc(F)cc1. The van der Waals surface area contributed by atoms with Crippen molar-refractivity contribution in [1.29, 1.82) is 0 Å². The van der Waals surface area contributed by atoms with Crippen LogP contribution >= 0.6 is 0 Å². The second-order valence-electron chi connectivity index (χ2n) is 5.07. The third-order valence-corrected chi connectivity index (χ3v) is 3.55. The second-order valence-corrected chi connectivity index (χ2v) is 5.07. The van der Waals surface area contributed by atoms with Crippen LogP contribution in [0.4, 0.5) is 4.39 Å². The molecule has 2 nitrogen and oxygen atoms in total. The lowest BCUT2D eigenvalue weighted by Crippen LogP contribution is -2.31. The van der Waals surface area contributed by atoms with Gasteiger partial charge in [-0.2, -0.15) is 0 Å². The fourth-order valence-electron chi connectivity index (χ4n) is 2.08. The third-order valence-electron chi connectivity index (χ3n) is 3.55. The van der Waals surface area contributed by atoms with Gasteiger partial charge in [-0.1, -0.05) is 25.5 Å². The minimum atomic E-state index is -0.209. The van der Waals surface area contributed by atoms with Gasteiger partial charge in [-0.15, -0.1) is 0 Å². The fraction of sp³-hybridized carbons (Fsp3) is 0.600. The number of hydrogen-bond donors (Lipinski definition) is 1. The van der Waals surface area contributed by atoms with E-state index in [9.17, 15) is 4.39 Å². The summed E-state index contributed by atoms with van der Waals surface area (Å²) in [6.45, 7) is 5.42. The maximum Gasteiger partial charge on any atom is 0.123 e. The molecule has 18 heavy (non-hydrogen) atoms. The van der Waals surface area contributed by atoms with Gasteiger partial charge in [0.25, 0.3) is 0 Å². The summed E-state index contributed by atoms with van der Waals surface area (Å²) in [5.74, 6) is -0.209. The molecule has 0 amide bonds. The van der Waals surface area contributed by atoms with Gasteiger partial charge in [0.05, 0.1) is 0 Å². The Labute approximate surface area is 110 Å². The minimum Gasteiger partial charge on any atom is -0.324 e. The summed E-state index contributed by atoms with van der Waals surface area (Å²) in [6.07, 6.45) is 3.31. The van der Waals surface area contributed by atoms with Gasteiger partial charge < -0.3 is 10.6 Å². The van der Waals surface area contributed by atoms with Crippen LogP contribution in [0.1, 0.15) is 44.7 Å². The van der Waals surface area contributed by atoms with Gasteiger partial charge in [0.2, 0.25) is 0 Å². The molecule has 1 rings (SSSR count). The Balaban J connectivity index is 2.41. The summed E-state index contributed by atoms with van der Waals surface area (Å²) >= 11 is 0. The van der Waals surface area contributed by atoms with Crippen LogP contribution in [-0.2, 0) is 0 Å². The van der Waals surface area contributed by atoms with Gasteiger partial charge in [-0.25, -0.2) is 4.39 Å². The van der Waals surface area contributed by atoms with Gasteiger partial charge in [0, 0.05) is 12.1 Å². The summed E-state index contributed by atoms with van der Waals surface area (Å²) in [5.41, 5.74) is 7.13. The van der Waals surface area contributed by atoms with Gasteiger partial charge in [0.15, 0.2) is 0 Å². The van der Waals surface area contributed by atoms with Crippen molar-refractivity contribution in [1.82, 2.24) is 4.90 Å². The molecule has 0 fully saturated rings. The third kappa shape index (κ3) is 4.75. The van der Waals surface area contributed by atoms with Crippen LogP contribution in [-0.4, -0.2) is 24.5 Å². The van der Waals surface area contributed by atoms with Crippen LogP contribution in [0.25, 0.3) is 0 Å². The van der Waals surface area contributed by atoms with Crippen molar-refractivity contribution in [3.05, 3.63) is 35.6 Å². The molecule has 0 saturated heterocycles. The fourth-order valence-corrected chi connectivity index (χ4v) is 2.08. The van der Waals surface area contributed by atoms with Crippen molar-refractivity contribution in [3.8, 4) is 0 Å². The molecular formula is C15H25FN2. The lowest BCUT2D eigenvalue weighted by atomic mass is 10.0.